The number of aromatic nitrogens is 1. The van der Waals surface area contributed by atoms with E-state index in [1.54, 1.807) is 11.3 Å². The average Bonchev–Trinajstić information content (AvgIpc) is 2.90. The molecule has 0 saturated heterocycles. The van der Waals surface area contributed by atoms with Crippen LogP contribution in [0.15, 0.2) is 35.8 Å². The maximum atomic E-state index is 4.39. The van der Waals surface area contributed by atoms with Gasteiger partial charge < -0.3 is 5.32 Å². The maximum Gasteiger partial charge on any atom is 0.0798 e. The minimum absolute atomic E-state index is 0.464. The van der Waals surface area contributed by atoms with E-state index in [0.717, 1.165) is 13.0 Å². The lowest BCUT2D eigenvalue weighted by molar-refractivity contribution is 0.488. The van der Waals surface area contributed by atoms with E-state index in [2.05, 4.69) is 54.5 Å². The summed E-state index contributed by atoms with van der Waals surface area (Å²) in [5, 5.41) is 3.67. The first-order valence-electron chi connectivity index (χ1n) is 7.48. The van der Waals surface area contributed by atoms with Crippen molar-refractivity contribution in [2.24, 2.45) is 0 Å². The first kappa shape index (κ1) is 15.2. The van der Waals surface area contributed by atoms with Crippen LogP contribution in [0.4, 0.5) is 0 Å². The molecule has 0 spiro atoms. The van der Waals surface area contributed by atoms with Crippen molar-refractivity contribution in [3.63, 3.8) is 0 Å². The van der Waals surface area contributed by atoms with Gasteiger partial charge >= 0.3 is 0 Å². The summed E-state index contributed by atoms with van der Waals surface area (Å²) in [6, 6.07) is 11.2. The Labute approximate surface area is 126 Å². The fourth-order valence-corrected chi connectivity index (χ4v) is 3.36. The van der Waals surface area contributed by atoms with Crippen molar-refractivity contribution in [3.05, 3.63) is 52.0 Å². The van der Waals surface area contributed by atoms with E-state index >= 15 is 0 Å². The zero-order valence-electron chi connectivity index (χ0n) is 12.4. The number of hydrogen-bond acceptors (Lipinski definition) is 3. The first-order chi connectivity index (χ1) is 9.81. The van der Waals surface area contributed by atoms with Crippen LogP contribution in [0.2, 0.25) is 0 Å². The second-order valence-corrected chi connectivity index (χ2v) is 6.07. The van der Waals surface area contributed by atoms with Crippen molar-refractivity contribution < 1.29 is 0 Å². The number of rotatable bonds is 8. The van der Waals surface area contributed by atoms with Crippen molar-refractivity contribution in [3.8, 4) is 0 Å². The van der Waals surface area contributed by atoms with E-state index in [1.807, 2.05) is 5.51 Å². The molecular weight excluding hydrogens is 264 g/mol. The topological polar surface area (TPSA) is 24.9 Å². The Hall–Kier alpha value is -1.19. The summed E-state index contributed by atoms with van der Waals surface area (Å²) in [5.41, 5.74) is 4.58. The smallest absolute Gasteiger partial charge is 0.0798 e. The van der Waals surface area contributed by atoms with Crippen molar-refractivity contribution in [2.75, 3.05) is 6.54 Å². The van der Waals surface area contributed by atoms with Crippen LogP contribution in [0, 0.1) is 6.92 Å². The van der Waals surface area contributed by atoms with Crippen LogP contribution in [-0.2, 0) is 6.42 Å². The molecule has 0 saturated carbocycles. The highest BCUT2D eigenvalue weighted by Gasteiger charge is 2.15. The normalized spacial score (nSPS) is 12.5. The highest BCUT2D eigenvalue weighted by Crippen LogP contribution is 2.26. The van der Waals surface area contributed by atoms with Gasteiger partial charge in [-0.05, 0) is 44.7 Å². The molecule has 0 bridgehead atoms. The minimum atomic E-state index is 0.464. The van der Waals surface area contributed by atoms with Crippen LogP contribution in [-0.4, -0.2) is 11.5 Å². The maximum absolute atomic E-state index is 4.39. The lowest BCUT2D eigenvalue weighted by Crippen LogP contribution is -2.22. The number of hydrogen-bond donors (Lipinski definition) is 1. The molecule has 1 heterocycles. The molecule has 0 aliphatic heterocycles. The summed E-state index contributed by atoms with van der Waals surface area (Å²) >= 11 is 1.78. The minimum Gasteiger partial charge on any atom is -0.309 e. The van der Waals surface area contributed by atoms with Crippen molar-refractivity contribution in [2.45, 2.75) is 45.6 Å². The molecule has 20 heavy (non-hydrogen) atoms. The second-order valence-electron chi connectivity index (χ2n) is 5.19. The molecule has 2 aromatic rings. The van der Waals surface area contributed by atoms with Crippen LogP contribution >= 0.6 is 11.3 Å². The van der Waals surface area contributed by atoms with Gasteiger partial charge in [0.05, 0.1) is 11.2 Å². The Morgan fingerprint density at radius 2 is 2.05 bits per heavy atom. The quantitative estimate of drug-likeness (QED) is 0.772. The Kier molecular flexibility index (Phi) is 6.22. The molecule has 1 unspecified atom stereocenters. The van der Waals surface area contributed by atoms with Crippen LogP contribution in [0.1, 0.15) is 48.4 Å². The molecule has 3 heteroatoms. The van der Waals surface area contributed by atoms with Crippen molar-refractivity contribution in [1.82, 2.24) is 10.3 Å². The van der Waals surface area contributed by atoms with E-state index < -0.39 is 0 Å². The lowest BCUT2D eigenvalue weighted by atomic mass is 10.0. The van der Waals surface area contributed by atoms with Gasteiger partial charge in [0, 0.05) is 10.9 Å². The van der Waals surface area contributed by atoms with E-state index in [1.165, 1.54) is 35.4 Å². The first-order valence-corrected chi connectivity index (χ1v) is 8.36. The summed E-state index contributed by atoms with van der Waals surface area (Å²) < 4.78 is 0. The monoisotopic (exact) mass is 288 g/mol. The van der Waals surface area contributed by atoms with Crippen LogP contribution in [0.5, 0.6) is 0 Å². The molecule has 0 radical (unpaired) electrons. The SMILES string of the molecule is CCCNC(CCCc1ccccc1)c1scnc1C. The van der Waals surface area contributed by atoms with Crippen molar-refractivity contribution >= 4 is 11.3 Å². The molecular formula is C17H24N2S. The molecule has 1 atom stereocenters. The van der Waals surface area contributed by atoms with Crippen LogP contribution in [0.3, 0.4) is 0 Å². The van der Waals surface area contributed by atoms with Crippen molar-refractivity contribution in [1.29, 1.82) is 0 Å². The van der Waals surface area contributed by atoms with E-state index in [-0.39, 0.29) is 0 Å². The third kappa shape index (κ3) is 4.43. The van der Waals surface area contributed by atoms with Gasteiger partial charge in [-0.15, -0.1) is 11.3 Å². The van der Waals surface area contributed by atoms with Gasteiger partial charge in [-0.25, -0.2) is 4.98 Å². The Bertz CT molecular complexity index is 493. The summed E-state index contributed by atoms with van der Waals surface area (Å²) in [4.78, 5) is 5.80. The molecule has 0 fully saturated rings. The molecule has 0 amide bonds. The molecule has 108 valence electrons. The van der Waals surface area contributed by atoms with Gasteiger partial charge in [0.1, 0.15) is 0 Å². The number of aryl methyl sites for hydroxylation is 2. The van der Waals surface area contributed by atoms with E-state index in [4.69, 9.17) is 0 Å². The van der Waals surface area contributed by atoms with Gasteiger partial charge in [-0.3, -0.25) is 0 Å². The molecule has 1 N–H and O–H groups in total. The third-order valence-electron chi connectivity index (χ3n) is 3.54. The van der Waals surface area contributed by atoms with Gasteiger partial charge in [-0.2, -0.15) is 0 Å². The fraction of sp³-hybridized carbons (Fsp3) is 0.471. The Morgan fingerprint density at radius 1 is 1.25 bits per heavy atom. The summed E-state index contributed by atoms with van der Waals surface area (Å²) in [6.45, 7) is 5.41. The van der Waals surface area contributed by atoms with Gasteiger partial charge in [0.15, 0.2) is 0 Å². The second kappa shape index (κ2) is 8.18. The molecule has 0 aliphatic carbocycles. The number of nitrogens with zero attached hydrogens (tertiary/aromatic N) is 1. The summed E-state index contributed by atoms with van der Waals surface area (Å²) in [6.07, 6.45) is 4.72. The van der Waals surface area contributed by atoms with E-state index in [9.17, 15) is 0 Å². The molecule has 1 aromatic carbocycles. The zero-order valence-corrected chi connectivity index (χ0v) is 13.2. The molecule has 0 aliphatic rings. The predicted molar refractivity (Wildman–Crippen MR) is 87.3 cm³/mol. The Morgan fingerprint density at radius 3 is 2.70 bits per heavy atom. The molecule has 2 nitrogen and oxygen atoms in total. The van der Waals surface area contributed by atoms with E-state index in [0.29, 0.717) is 6.04 Å². The van der Waals surface area contributed by atoms with Gasteiger partial charge in [-0.1, -0.05) is 37.3 Å². The molecule has 2 rings (SSSR count). The molecule has 1 aromatic heterocycles. The van der Waals surface area contributed by atoms with Gasteiger partial charge in [0.25, 0.3) is 0 Å². The lowest BCUT2D eigenvalue weighted by Gasteiger charge is -2.17. The van der Waals surface area contributed by atoms with Crippen LogP contribution in [0.25, 0.3) is 0 Å². The van der Waals surface area contributed by atoms with Gasteiger partial charge in [0.2, 0.25) is 0 Å². The number of nitrogens with one attached hydrogen (secondary N) is 1. The predicted octanol–water partition coefficient (Wildman–Crippen LogP) is 4.52. The standard InChI is InChI=1S/C17H24N2S/c1-3-12-18-16(17-14(2)19-13-20-17)11-7-10-15-8-5-4-6-9-15/h4-6,8-9,13,16,18H,3,7,10-12H2,1-2H3. The largest absolute Gasteiger partial charge is 0.309 e. The highest BCUT2D eigenvalue weighted by molar-refractivity contribution is 7.09. The summed E-state index contributed by atoms with van der Waals surface area (Å²) in [5.74, 6) is 0. The Balaban J connectivity index is 1.89. The number of thiazole rings is 1. The third-order valence-corrected chi connectivity index (χ3v) is 4.59. The fourth-order valence-electron chi connectivity index (χ4n) is 2.44. The van der Waals surface area contributed by atoms with Crippen LogP contribution < -0.4 is 5.32 Å². The average molecular weight is 288 g/mol. The number of benzene rings is 1. The highest BCUT2D eigenvalue weighted by atomic mass is 32.1. The summed E-state index contributed by atoms with van der Waals surface area (Å²) in [7, 11) is 0. The zero-order chi connectivity index (χ0) is 14.2.